The number of hydrogen-bond donors (Lipinski definition) is 2. The molecule has 2 saturated heterocycles. The number of likely N-dealkylation sites (tertiary alicyclic amines) is 1. The third kappa shape index (κ3) is 5.14. The maximum absolute atomic E-state index is 12.7. The standard InChI is InChI=1S/C23H33Cl2N3O3/c1-16-14-26(22(31)6-11-28(16)17-4-5-18(24)19(25)13-17)10-2-3-21(30)27-12-9-23(7-8-23)20(29)15-27/h4-5,13,16,20-21,29-30H,2-3,6-12,14-15H2,1H3/t16?,20-,21+/m1/s1. The van der Waals surface area contributed by atoms with Crippen molar-refractivity contribution < 1.29 is 15.0 Å². The van der Waals surface area contributed by atoms with Crippen molar-refractivity contribution in [2.75, 3.05) is 37.6 Å². The minimum Gasteiger partial charge on any atom is -0.391 e. The number of nitrogens with zero attached hydrogens (tertiary/aromatic N) is 3. The molecule has 1 aliphatic carbocycles. The molecule has 1 aromatic carbocycles. The van der Waals surface area contributed by atoms with Crippen molar-refractivity contribution in [1.29, 1.82) is 0 Å². The van der Waals surface area contributed by atoms with E-state index in [-0.39, 0.29) is 23.5 Å². The molecule has 0 radical (unpaired) electrons. The van der Waals surface area contributed by atoms with Crippen LogP contribution in [0.1, 0.15) is 45.4 Å². The summed E-state index contributed by atoms with van der Waals surface area (Å²) in [6.07, 6.45) is 4.12. The highest BCUT2D eigenvalue weighted by molar-refractivity contribution is 6.42. The van der Waals surface area contributed by atoms with Gasteiger partial charge < -0.3 is 20.0 Å². The number of carbonyl (C=O) groups excluding carboxylic acids is 1. The lowest BCUT2D eigenvalue weighted by molar-refractivity contribution is -0.130. The van der Waals surface area contributed by atoms with Crippen molar-refractivity contribution in [3.63, 3.8) is 0 Å². The number of amides is 1. The van der Waals surface area contributed by atoms with Gasteiger partial charge in [0, 0.05) is 50.9 Å². The number of aliphatic hydroxyl groups excluding tert-OH is 2. The monoisotopic (exact) mass is 469 g/mol. The van der Waals surface area contributed by atoms with Gasteiger partial charge in [0.2, 0.25) is 5.91 Å². The van der Waals surface area contributed by atoms with Crippen LogP contribution < -0.4 is 4.90 Å². The Labute approximate surface area is 194 Å². The number of aliphatic hydroxyl groups is 2. The summed E-state index contributed by atoms with van der Waals surface area (Å²) in [4.78, 5) is 18.8. The predicted octanol–water partition coefficient (Wildman–Crippen LogP) is 3.37. The molecule has 2 aliphatic heterocycles. The van der Waals surface area contributed by atoms with E-state index in [2.05, 4.69) is 11.8 Å². The SMILES string of the molecule is CC1CN(CCC[C@H](O)N2CCC3(CC3)[C@H](O)C2)C(=O)CCN1c1ccc(Cl)c(Cl)c1. The lowest BCUT2D eigenvalue weighted by Crippen LogP contribution is -2.49. The average Bonchev–Trinajstić information content (AvgIpc) is 3.53. The van der Waals surface area contributed by atoms with E-state index in [0.29, 0.717) is 49.1 Å². The van der Waals surface area contributed by atoms with E-state index in [9.17, 15) is 15.0 Å². The molecular weight excluding hydrogens is 437 g/mol. The van der Waals surface area contributed by atoms with Gasteiger partial charge in [-0.1, -0.05) is 23.2 Å². The van der Waals surface area contributed by atoms with Crippen LogP contribution in [-0.2, 0) is 4.79 Å². The lowest BCUT2D eigenvalue weighted by atomic mass is 9.90. The molecule has 1 amide bonds. The normalized spacial score (nSPS) is 27.5. The summed E-state index contributed by atoms with van der Waals surface area (Å²) in [5.74, 6) is 0.146. The molecule has 8 heteroatoms. The summed E-state index contributed by atoms with van der Waals surface area (Å²) in [5.41, 5.74) is 1.12. The summed E-state index contributed by atoms with van der Waals surface area (Å²) >= 11 is 12.2. The van der Waals surface area contributed by atoms with E-state index in [1.807, 2.05) is 21.9 Å². The Bertz CT molecular complexity index is 804. The Morgan fingerprint density at radius 3 is 2.61 bits per heavy atom. The van der Waals surface area contributed by atoms with Crippen molar-refractivity contribution in [3.8, 4) is 0 Å². The average molecular weight is 470 g/mol. The van der Waals surface area contributed by atoms with Crippen LogP contribution in [-0.4, -0.2) is 77.0 Å². The van der Waals surface area contributed by atoms with E-state index in [0.717, 1.165) is 37.9 Å². The van der Waals surface area contributed by atoms with E-state index < -0.39 is 6.23 Å². The number of benzene rings is 1. The minimum atomic E-state index is -0.557. The van der Waals surface area contributed by atoms with Gasteiger partial charge in [0.15, 0.2) is 0 Å². The predicted molar refractivity (Wildman–Crippen MR) is 124 cm³/mol. The maximum Gasteiger partial charge on any atom is 0.224 e. The molecule has 3 fully saturated rings. The molecule has 0 bridgehead atoms. The molecule has 1 aromatic rings. The number of piperidine rings is 1. The quantitative estimate of drug-likeness (QED) is 0.668. The number of rotatable bonds is 6. The van der Waals surface area contributed by atoms with Crippen molar-refractivity contribution >= 4 is 34.8 Å². The summed E-state index contributed by atoms with van der Waals surface area (Å²) in [7, 11) is 0. The number of anilines is 1. The van der Waals surface area contributed by atoms with Crippen LogP contribution in [0.5, 0.6) is 0 Å². The number of carbonyl (C=O) groups is 1. The molecule has 31 heavy (non-hydrogen) atoms. The van der Waals surface area contributed by atoms with Crippen molar-refractivity contribution in [2.45, 2.75) is 63.8 Å². The number of β-amino-alcohol motifs (C(OH)–C–C–N with tert-alkyl or cyclic N) is 1. The Morgan fingerprint density at radius 1 is 1.16 bits per heavy atom. The Hall–Kier alpha value is -1.05. The van der Waals surface area contributed by atoms with Crippen LogP contribution in [0.3, 0.4) is 0 Å². The van der Waals surface area contributed by atoms with E-state index in [1.54, 1.807) is 6.07 Å². The molecule has 3 aliphatic rings. The fraction of sp³-hybridized carbons (Fsp3) is 0.696. The molecule has 1 spiro atoms. The topological polar surface area (TPSA) is 67.2 Å². The van der Waals surface area contributed by atoms with Gasteiger partial charge in [0.1, 0.15) is 6.23 Å². The molecular formula is C23H33Cl2N3O3. The number of hydrogen-bond acceptors (Lipinski definition) is 5. The Morgan fingerprint density at radius 2 is 1.94 bits per heavy atom. The summed E-state index contributed by atoms with van der Waals surface area (Å²) < 4.78 is 0. The van der Waals surface area contributed by atoms with Crippen LogP contribution in [0, 0.1) is 5.41 Å². The zero-order chi connectivity index (χ0) is 22.2. The van der Waals surface area contributed by atoms with Crippen LogP contribution in [0.2, 0.25) is 10.0 Å². The summed E-state index contributed by atoms with van der Waals surface area (Å²) in [5, 5.41) is 22.0. The van der Waals surface area contributed by atoms with Crippen LogP contribution >= 0.6 is 23.2 Å². The molecule has 0 aromatic heterocycles. The van der Waals surface area contributed by atoms with Crippen LogP contribution in [0.15, 0.2) is 18.2 Å². The third-order valence-corrected chi connectivity index (χ3v) is 8.13. The highest BCUT2D eigenvalue weighted by atomic mass is 35.5. The first-order valence-corrected chi connectivity index (χ1v) is 12.1. The Balaban J connectivity index is 1.27. The van der Waals surface area contributed by atoms with Gasteiger partial charge in [-0.15, -0.1) is 0 Å². The van der Waals surface area contributed by atoms with Gasteiger partial charge in [0.05, 0.1) is 16.1 Å². The Kier molecular flexibility index (Phi) is 7.04. The van der Waals surface area contributed by atoms with E-state index in [1.165, 1.54) is 0 Å². The van der Waals surface area contributed by atoms with Gasteiger partial charge in [-0.2, -0.15) is 0 Å². The van der Waals surface area contributed by atoms with E-state index in [4.69, 9.17) is 23.2 Å². The van der Waals surface area contributed by atoms with Crippen molar-refractivity contribution in [2.24, 2.45) is 5.41 Å². The molecule has 6 nitrogen and oxygen atoms in total. The lowest BCUT2D eigenvalue weighted by Gasteiger charge is -2.39. The molecule has 172 valence electrons. The van der Waals surface area contributed by atoms with Crippen LogP contribution in [0.4, 0.5) is 5.69 Å². The maximum atomic E-state index is 12.7. The molecule has 3 atom stereocenters. The summed E-state index contributed by atoms with van der Waals surface area (Å²) in [6.45, 7) is 5.43. The molecule has 1 saturated carbocycles. The fourth-order valence-electron chi connectivity index (χ4n) is 5.08. The fourth-order valence-corrected chi connectivity index (χ4v) is 5.37. The van der Waals surface area contributed by atoms with Gasteiger partial charge in [-0.05, 0) is 62.6 Å². The molecule has 2 N–H and O–H groups in total. The smallest absolute Gasteiger partial charge is 0.224 e. The van der Waals surface area contributed by atoms with Gasteiger partial charge in [-0.25, -0.2) is 0 Å². The van der Waals surface area contributed by atoms with E-state index >= 15 is 0 Å². The second-order valence-electron chi connectivity index (χ2n) is 9.48. The largest absolute Gasteiger partial charge is 0.391 e. The van der Waals surface area contributed by atoms with Gasteiger partial charge in [0.25, 0.3) is 0 Å². The number of halogens is 2. The first kappa shape index (κ1) is 23.1. The van der Waals surface area contributed by atoms with Gasteiger partial charge in [-0.3, -0.25) is 9.69 Å². The van der Waals surface area contributed by atoms with Crippen molar-refractivity contribution in [3.05, 3.63) is 28.2 Å². The molecule has 4 rings (SSSR count). The first-order chi connectivity index (χ1) is 14.8. The zero-order valence-electron chi connectivity index (χ0n) is 18.1. The highest BCUT2D eigenvalue weighted by Crippen LogP contribution is 2.53. The molecule has 1 unspecified atom stereocenters. The zero-order valence-corrected chi connectivity index (χ0v) is 19.7. The minimum absolute atomic E-state index is 0.144. The van der Waals surface area contributed by atoms with Crippen molar-refractivity contribution in [1.82, 2.24) is 9.80 Å². The highest BCUT2D eigenvalue weighted by Gasteiger charge is 2.51. The second kappa shape index (κ2) is 9.44. The van der Waals surface area contributed by atoms with Crippen LogP contribution in [0.25, 0.3) is 0 Å². The first-order valence-electron chi connectivity index (χ1n) is 11.4. The third-order valence-electron chi connectivity index (χ3n) is 7.39. The summed E-state index contributed by atoms with van der Waals surface area (Å²) in [6, 6.07) is 5.75. The van der Waals surface area contributed by atoms with Gasteiger partial charge >= 0.3 is 0 Å². The molecule has 2 heterocycles. The second-order valence-corrected chi connectivity index (χ2v) is 10.3.